The largest absolute Gasteiger partial charge is 0.497 e. The topological polar surface area (TPSA) is 96.0 Å². The molecule has 1 unspecified atom stereocenters. The molecule has 1 atom stereocenters. The average molecular weight is 666 g/mol. The summed E-state index contributed by atoms with van der Waals surface area (Å²) >= 11 is 5.83. The van der Waals surface area contributed by atoms with Crippen molar-refractivity contribution in [3.05, 3.63) is 88.4 Å². The summed E-state index contributed by atoms with van der Waals surface area (Å²) in [6.45, 7) is 2.30. The number of benzene rings is 3. The minimum Gasteiger partial charge on any atom is -0.497 e. The van der Waals surface area contributed by atoms with Crippen molar-refractivity contribution in [1.29, 1.82) is 0 Å². The highest BCUT2D eigenvalue weighted by Crippen LogP contribution is 2.38. The molecule has 3 aromatic rings. The fourth-order valence-corrected chi connectivity index (χ4v) is 6.82. The minimum absolute atomic E-state index is 0.0398. The Labute approximate surface area is 266 Å². The smallest absolute Gasteiger partial charge is 0.417 e. The van der Waals surface area contributed by atoms with Gasteiger partial charge in [0.15, 0.2) is 0 Å². The van der Waals surface area contributed by atoms with E-state index >= 15 is 0 Å². The van der Waals surface area contributed by atoms with Crippen LogP contribution >= 0.6 is 11.6 Å². The van der Waals surface area contributed by atoms with Gasteiger partial charge >= 0.3 is 6.18 Å². The lowest BCUT2D eigenvalue weighted by Crippen LogP contribution is -2.52. The predicted octanol–water partition coefficient (Wildman–Crippen LogP) is 6.35. The molecule has 0 radical (unpaired) electrons. The second-order valence-electron chi connectivity index (χ2n) is 11.0. The van der Waals surface area contributed by atoms with Gasteiger partial charge in [-0.1, -0.05) is 54.3 Å². The zero-order valence-corrected chi connectivity index (χ0v) is 26.7. The number of sulfonamides is 1. The number of halogens is 4. The van der Waals surface area contributed by atoms with Crippen LogP contribution in [0, 0.1) is 6.92 Å². The van der Waals surface area contributed by atoms with Gasteiger partial charge in [0.25, 0.3) is 10.0 Å². The third-order valence-corrected chi connectivity index (χ3v) is 9.90. The summed E-state index contributed by atoms with van der Waals surface area (Å²) in [5.74, 6) is -0.713. The van der Waals surface area contributed by atoms with Gasteiger partial charge in [0.1, 0.15) is 18.3 Å². The van der Waals surface area contributed by atoms with E-state index in [2.05, 4.69) is 5.32 Å². The van der Waals surface area contributed by atoms with E-state index in [1.165, 1.54) is 31.1 Å². The molecule has 0 aromatic heterocycles. The first-order chi connectivity index (χ1) is 21.2. The van der Waals surface area contributed by atoms with Gasteiger partial charge < -0.3 is 15.0 Å². The molecule has 3 aromatic carbocycles. The van der Waals surface area contributed by atoms with E-state index in [1.807, 2.05) is 0 Å². The molecule has 0 heterocycles. The number of aryl methyl sites for hydroxylation is 1. The Morgan fingerprint density at radius 3 is 2.33 bits per heavy atom. The lowest BCUT2D eigenvalue weighted by Gasteiger charge is -2.32. The minimum atomic E-state index is -4.89. The summed E-state index contributed by atoms with van der Waals surface area (Å²) in [6.07, 6.45) is -1.33. The fraction of sp³-hybridized carbons (Fsp3) is 0.375. The molecule has 45 heavy (non-hydrogen) atoms. The maximum absolute atomic E-state index is 14.1. The molecular formula is C32H35ClF3N3O5S. The second kappa shape index (κ2) is 14.1. The Bertz CT molecular complexity index is 1630. The molecule has 8 nitrogen and oxygen atoms in total. The summed E-state index contributed by atoms with van der Waals surface area (Å²) in [6, 6.07) is 14.1. The van der Waals surface area contributed by atoms with Crippen molar-refractivity contribution < 1.29 is 35.9 Å². The quantitative estimate of drug-likeness (QED) is 0.258. The number of nitrogens with zero attached hydrogens (tertiary/aromatic N) is 2. The number of hydrogen-bond acceptors (Lipinski definition) is 5. The fourth-order valence-electron chi connectivity index (χ4n) is 5.19. The molecule has 1 aliphatic rings. The van der Waals surface area contributed by atoms with Crippen LogP contribution in [0.25, 0.3) is 0 Å². The zero-order chi connectivity index (χ0) is 32.9. The molecule has 0 spiro atoms. The molecule has 13 heteroatoms. The van der Waals surface area contributed by atoms with Crippen LogP contribution in [0.2, 0.25) is 5.02 Å². The lowest BCUT2D eigenvalue weighted by atomic mass is 10.1. The van der Waals surface area contributed by atoms with Crippen LogP contribution in [0.15, 0.2) is 71.6 Å². The van der Waals surface area contributed by atoms with Gasteiger partial charge in [-0.05, 0) is 74.7 Å². The van der Waals surface area contributed by atoms with Crippen molar-refractivity contribution in [2.45, 2.75) is 69.2 Å². The van der Waals surface area contributed by atoms with Crippen LogP contribution in [0.3, 0.4) is 0 Å². The average Bonchev–Trinajstić information content (AvgIpc) is 3.51. The molecule has 0 saturated heterocycles. The molecule has 1 N–H and O–H groups in total. The van der Waals surface area contributed by atoms with Crippen molar-refractivity contribution in [2.75, 3.05) is 18.0 Å². The van der Waals surface area contributed by atoms with Crippen LogP contribution in [0.1, 0.15) is 49.3 Å². The summed E-state index contributed by atoms with van der Waals surface area (Å²) in [7, 11) is -3.09. The highest BCUT2D eigenvalue weighted by molar-refractivity contribution is 7.92. The molecule has 1 aliphatic carbocycles. The third-order valence-electron chi connectivity index (χ3n) is 7.79. The van der Waals surface area contributed by atoms with Crippen LogP contribution in [-0.4, -0.2) is 50.9 Å². The molecule has 4 rings (SSSR count). The zero-order valence-electron chi connectivity index (χ0n) is 25.1. The van der Waals surface area contributed by atoms with E-state index in [4.69, 9.17) is 16.3 Å². The molecule has 1 fully saturated rings. The number of amides is 2. The molecule has 0 aliphatic heterocycles. The van der Waals surface area contributed by atoms with Gasteiger partial charge in [-0.25, -0.2) is 8.42 Å². The van der Waals surface area contributed by atoms with Gasteiger partial charge in [0, 0.05) is 12.6 Å². The number of alkyl halides is 3. The summed E-state index contributed by atoms with van der Waals surface area (Å²) in [4.78, 5) is 28.5. The van der Waals surface area contributed by atoms with Crippen LogP contribution in [0.5, 0.6) is 5.75 Å². The van der Waals surface area contributed by atoms with Crippen LogP contribution in [-0.2, 0) is 32.3 Å². The molecular weight excluding hydrogens is 631 g/mol. The van der Waals surface area contributed by atoms with Gasteiger partial charge in [-0.15, -0.1) is 0 Å². The van der Waals surface area contributed by atoms with Crippen molar-refractivity contribution in [3.63, 3.8) is 0 Å². The van der Waals surface area contributed by atoms with Crippen molar-refractivity contribution in [2.24, 2.45) is 0 Å². The Hall–Kier alpha value is -3.77. The monoisotopic (exact) mass is 665 g/mol. The normalized spacial score (nSPS) is 14.6. The van der Waals surface area contributed by atoms with E-state index < -0.39 is 56.9 Å². The van der Waals surface area contributed by atoms with Crippen molar-refractivity contribution in [1.82, 2.24) is 10.2 Å². The van der Waals surface area contributed by atoms with E-state index in [-0.39, 0.29) is 17.5 Å². The number of carbonyl (C=O) groups excluding carboxylic acids is 2. The summed E-state index contributed by atoms with van der Waals surface area (Å²) in [5, 5.41) is 2.35. The Morgan fingerprint density at radius 2 is 1.71 bits per heavy atom. The Morgan fingerprint density at radius 1 is 1.04 bits per heavy atom. The van der Waals surface area contributed by atoms with Crippen LogP contribution in [0.4, 0.5) is 18.9 Å². The van der Waals surface area contributed by atoms with Crippen LogP contribution < -0.4 is 14.4 Å². The maximum Gasteiger partial charge on any atom is 0.417 e. The van der Waals surface area contributed by atoms with Gasteiger partial charge in [-0.2, -0.15) is 13.2 Å². The highest BCUT2D eigenvalue weighted by Gasteiger charge is 2.37. The first-order valence-corrected chi connectivity index (χ1v) is 16.2. The Balaban J connectivity index is 1.76. The molecule has 2 amide bonds. The first-order valence-electron chi connectivity index (χ1n) is 14.4. The standard InChI is InChI=1S/C32H35ClF3N3O5S/c1-21-11-14-27(15-12-21)45(42,43)39(25-13-16-29(33)28(18-25)32(34,35)36)20-30(40)38(19-23-7-6-10-26(17-23)44-3)22(2)31(41)37-24-8-4-5-9-24/h6-7,10-18,22,24H,4-5,8-9,19-20H2,1-3H3,(H,37,41). The van der Waals surface area contributed by atoms with Gasteiger partial charge in [-0.3, -0.25) is 13.9 Å². The predicted molar refractivity (Wildman–Crippen MR) is 166 cm³/mol. The number of nitrogens with one attached hydrogen (secondary N) is 1. The van der Waals surface area contributed by atoms with E-state index in [1.54, 1.807) is 43.3 Å². The van der Waals surface area contributed by atoms with Gasteiger partial charge in [0.2, 0.25) is 11.8 Å². The highest BCUT2D eigenvalue weighted by atomic mass is 35.5. The summed E-state index contributed by atoms with van der Waals surface area (Å²) in [5.41, 5.74) is -0.309. The summed E-state index contributed by atoms with van der Waals surface area (Å²) < 4.78 is 75.3. The van der Waals surface area contributed by atoms with E-state index in [0.29, 0.717) is 21.7 Å². The SMILES string of the molecule is COc1cccc(CN(C(=O)CN(c2ccc(Cl)c(C(F)(F)F)c2)S(=O)(=O)c2ccc(C)cc2)C(C)C(=O)NC2CCCC2)c1. The first kappa shape index (κ1) is 34.1. The number of methoxy groups -OCH3 is 1. The second-order valence-corrected chi connectivity index (χ2v) is 13.3. The number of hydrogen-bond donors (Lipinski definition) is 1. The number of rotatable bonds is 11. The Kier molecular flexibility index (Phi) is 10.7. The molecule has 0 bridgehead atoms. The van der Waals surface area contributed by atoms with E-state index in [0.717, 1.165) is 43.4 Å². The maximum atomic E-state index is 14.1. The number of anilines is 1. The number of carbonyl (C=O) groups is 2. The van der Waals surface area contributed by atoms with E-state index in [9.17, 15) is 31.2 Å². The van der Waals surface area contributed by atoms with Crippen molar-refractivity contribution >= 4 is 39.1 Å². The molecule has 1 saturated carbocycles. The molecule has 242 valence electrons. The van der Waals surface area contributed by atoms with Gasteiger partial charge in [0.05, 0.1) is 28.3 Å². The lowest BCUT2D eigenvalue weighted by molar-refractivity contribution is -0.139. The third kappa shape index (κ3) is 8.29. The van der Waals surface area contributed by atoms with Crippen molar-refractivity contribution in [3.8, 4) is 5.75 Å². The number of ether oxygens (including phenoxy) is 1.